The van der Waals surface area contributed by atoms with E-state index < -0.39 is 0 Å². The molecule has 0 aliphatic carbocycles. The summed E-state index contributed by atoms with van der Waals surface area (Å²) in [5.74, 6) is 0.386. The van der Waals surface area contributed by atoms with Gasteiger partial charge in [0.25, 0.3) is 5.91 Å². The Morgan fingerprint density at radius 1 is 1.45 bits per heavy atom. The standard InChI is InChI=1S/C15H15ClN4O2/c1-3-12-14(20-8-10(16)4-5-13(20)18-12)15(21)17-7-11-6-9(2)19-22-11/h4-6,8H,3,7H2,1-2H3,(H,17,21). The summed E-state index contributed by atoms with van der Waals surface area (Å²) in [4.78, 5) is 17.0. The number of rotatable bonds is 4. The van der Waals surface area contributed by atoms with Crippen molar-refractivity contribution in [3.05, 3.63) is 52.3 Å². The van der Waals surface area contributed by atoms with E-state index in [0.717, 1.165) is 11.4 Å². The van der Waals surface area contributed by atoms with Crippen LogP contribution >= 0.6 is 11.6 Å². The van der Waals surface area contributed by atoms with Gasteiger partial charge in [-0.2, -0.15) is 0 Å². The van der Waals surface area contributed by atoms with Gasteiger partial charge in [0.15, 0.2) is 5.76 Å². The lowest BCUT2D eigenvalue weighted by Crippen LogP contribution is -2.25. The molecule has 0 aliphatic heterocycles. The molecule has 0 saturated carbocycles. The summed E-state index contributed by atoms with van der Waals surface area (Å²) in [6, 6.07) is 5.33. The molecule has 6 nitrogen and oxygen atoms in total. The average molecular weight is 319 g/mol. The molecule has 0 spiro atoms. The molecule has 114 valence electrons. The minimum absolute atomic E-state index is 0.222. The van der Waals surface area contributed by atoms with Gasteiger partial charge in [-0.3, -0.25) is 9.20 Å². The van der Waals surface area contributed by atoms with Crippen LogP contribution in [0.2, 0.25) is 5.02 Å². The summed E-state index contributed by atoms with van der Waals surface area (Å²) in [6.07, 6.45) is 2.35. The zero-order valence-electron chi connectivity index (χ0n) is 12.3. The molecule has 0 aliphatic rings. The van der Waals surface area contributed by atoms with E-state index in [4.69, 9.17) is 16.1 Å². The van der Waals surface area contributed by atoms with Gasteiger partial charge in [0.1, 0.15) is 11.3 Å². The molecule has 0 saturated heterocycles. The quantitative estimate of drug-likeness (QED) is 0.803. The highest BCUT2D eigenvalue weighted by Gasteiger charge is 2.18. The molecule has 0 atom stereocenters. The second kappa shape index (κ2) is 5.81. The van der Waals surface area contributed by atoms with Gasteiger partial charge >= 0.3 is 0 Å². The number of halogens is 1. The maximum absolute atomic E-state index is 12.5. The van der Waals surface area contributed by atoms with E-state index >= 15 is 0 Å². The van der Waals surface area contributed by atoms with Crippen LogP contribution in [0.25, 0.3) is 5.65 Å². The van der Waals surface area contributed by atoms with Crippen LogP contribution in [0.15, 0.2) is 28.9 Å². The fourth-order valence-corrected chi connectivity index (χ4v) is 2.47. The third-order valence-electron chi connectivity index (χ3n) is 3.30. The first-order chi connectivity index (χ1) is 10.6. The molecule has 3 heterocycles. The van der Waals surface area contributed by atoms with Crippen molar-refractivity contribution in [2.45, 2.75) is 26.8 Å². The number of nitrogens with one attached hydrogen (secondary N) is 1. The average Bonchev–Trinajstić information content (AvgIpc) is 3.07. The smallest absolute Gasteiger partial charge is 0.270 e. The van der Waals surface area contributed by atoms with Crippen LogP contribution in [-0.2, 0) is 13.0 Å². The lowest BCUT2D eigenvalue weighted by Gasteiger charge is -2.05. The molecular weight excluding hydrogens is 304 g/mol. The van der Waals surface area contributed by atoms with Crippen molar-refractivity contribution >= 4 is 23.2 Å². The number of fused-ring (bicyclic) bond motifs is 1. The molecule has 3 rings (SSSR count). The van der Waals surface area contributed by atoms with Gasteiger partial charge in [0.05, 0.1) is 23.0 Å². The molecule has 1 N–H and O–H groups in total. The number of imidazole rings is 1. The number of carbonyl (C=O) groups is 1. The zero-order valence-corrected chi connectivity index (χ0v) is 13.0. The van der Waals surface area contributed by atoms with Gasteiger partial charge in [-0.15, -0.1) is 0 Å². The van der Waals surface area contributed by atoms with Crippen molar-refractivity contribution in [2.75, 3.05) is 0 Å². The number of nitrogens with zero attached hydrogens (tertiary/aromatic N) is 3. The van der Waals surface area contributed by atoms with E-state index in [9.17, 15) is 4.79 Å². The number of carbonyl (C=O) groups excluding carboxylic acids is 1. The zero-order chi connectivity index (χ0) is 15.7. The number of aromatic nitrogens is 3. The first-order valence-electron chi connectivity index (χ1n) is 6.95. The summed E-state index contributed by atoms with van der Waals surface area (Å²) in [5.41, 5.74) is 2.70. The van der Waals surface area contributed by atoms with Crippen molar-refractivity contribution in [1.29, 1.82) is 0 Å². The van der Waals surface area contributed by atoms with Crippen LogP contribution in [0.4, 0.5) is 0 Å². The largest absolute Gasteiger partial charge is 0.359 e. The van der Waals surface area contributed by atoms with Crippen LogP contribution in [0.1, 0.15) is 34.6 Å². The van der Waals surface area contributed by atoms with E-state index in [1.54, 1.807) is 28.8 Å². The predicted octanol–water partition coefficient (Wildman–Crippen LogP) is 2.78. The van der Waals surface area contributed by atoms with Gasteiger partial charge in [-0.05, 0) is 25.5 Å². The Balaban J connectivity index is 1.90. The normalized spacial score (nSPS) is 11.0. The third-order valence-corrected chi connectivity index (χ3v) is 3.53. The molecule has 0 radical (unpaired) electrons. The lowest BCUT2D eigenvalue weighted by molar-refractivity contribution is 0.0940. The Morgan fingerprint density at radius 2 is 2.27 bits per heavy atom. The van der Waals surface area contributed by atoms with E-state index in [-0.39, 0.29) is 12.5 Å². The van der Waals surface area contributed by atoms with Gasteiger partial charge in [0.2, 0.25) is 0 Å². The van der Waals surface area contributed by atoms with E-state index in [1.807, 2.05) is 13.8 Å². The van der Waals surface area contributed by atoms with Gasteiger partial charge in [0, 0.05) is 12.3 Å². The van der Waals surface area contributed by atoms with Gasteiger partial charge in [-0.1, -0.05) is 23.7 Å². The lowest BCUT2D eigenvalue weighted by atomic mass is 10.2. The van der Waals surface area contributed by atoms with Crippen molar-refractivity contribution in [2.24, 2.45) is 0 Å². The fraction of sp³-hybridized carbons (Fsp3) is 0.267. The SMILES string of the molecule is CCc1nc2ccc(Cl)cn2c1C(=O)NCc1cc(C)no1. The molecule has 0 fully saturated rings. The highest BCUT2D eigenvalue weighted by molar-refractivity contribution is 6.30. The highest BCUT2D eigenvalue weighted by Crippen LogP contribution is 2.17. The Labute approximate surface area is 132 Å². The van der Waals surface area contributed by atoms with Crippen LogP contribution in [0.3, 0.4) is 0 Å². The fourth-order valence-electron chi connectivity index (χ4n) is 2.31. The molecule has 3 aromatic heterocycles. The maximum Gasteiger partial charge on any atom is 0.270 e. The third kappa shape index (κ3) is 2.69. The maximum atomic E-state index is 12.5. The Hall–Kier alpha value is -2.34. The van der Waals surface area contributed by atoms with Crippen molar-refractivity contribution in [1.82, 2.24) is 19.9 Å². The number of amides is 1. The Bertz CT molecular complexity index is 837. The summed E-state index contributed by atoms with van der Waals surface area (Å²) in [6.45, 7) is 4.06. The number of aryl methyl sites for hydroxylation is 2. The summed E-state index contributed by atoms with van der Waals surface area (Å²) < 4.78 is 6.80. The van der Waals surface area contributed by atoms with Gasteiger partial charge in [-0.25, -0.2) is 4.98 Å². The van der Waals surface area contributed by atoms with Crippen molar-refractivity contribution in [3.63, 3.8) is 0 Å². The number of hydrogen-bond donors (Lipinski definition) is 1. The Kier molecular flexibility index (Phi) is 3.85. The minimum Gasteiger partial charge on any atom is -0.359 e. The molecular formula is C15H15ClN4O2. The number of pyridine rings is 1. The van der Waals surface area contributed by atoms with Crippen LogP contribution < -0.4 is 5.32 Å². The monoisotopic (exact) mass is 318 g/mol. The van der Waals surface area contributed by atoms with Crippen LogP contribution in [-0.4, -0.2) is 20.4 Å². The molecule has 0 bridgehead atoms. The highest BCUT2D eigenvalue weighted by atomic mass is 35.5. The second-order valence-corrected chi connectivity index (χ2v) is 5.39. The topological polar surface area (TPSA) is 72.4 Å². The van der Waals surface area contributed by atoms with Crippen LogP contribution in [0.5, 0.6) is 0 Å². The Morgan fingerprint density at radius 3 is 2.95 bits per heavy atom. The van der Waals surface area contributed by atoms with Crippen molar-refractivity contribution < 1.29 is 9.32 Å². The van der Waals surface area contributed by atoms with Gasteiger partial charge < -0.3 is 9.84 Å². The van der Waals surface area contributed by atoms with E-state index in [2.05, 4.69) is 15.5 Å². The molecule has 22 heavy (non-hydrogen) atoms. The van der Waals surface area contributed by atoms with E-state index in [0.29, 0.717) is 28.5 Å². The number of hydrogen-bond acceptors (Lipinski definition) is 4. The molecule has 0 unspecified atom stereocenters. The first-order valence-corrected chi connectivity index (χ1v) is 7.33. The minimum atomic E-state index is -0.222. The van der Waals surface area contributed by atoms with Crippen molar-refractivity contribution in [3.8, 4) is 0 Å². The predicted molar refractivity (Wildman–Crippen MR) is 82.0 cm³/mol. The molecule has 3 aromatic rings. The summed E-state index contributed by atoms with van der Waals surface area (Å²) in [5, 5.41) is 7.16. The summed E-state index contributed by atoms with van der Waals surface area (Å²) in [7, 11) is 0. The first kappa shape index (κ1) is 14.6. The van der Waals surface area contributed by atoms with Crippen LogP contribution in [0, 0.1) is 6.92 Å². The second-order valence-electron chi connectivity index (χ2n) is 4.95. The molecule has 7 heteroatoms. The molecule has 1 amide bonds. The summed E-state index contributed by atoms with van der Waals surface area (Å²) >= 11 is 6.02. The van der Waals surface area contributed by atoms with E-state index in [1.165, 1.54) is 0 Å². The molecule has 0 aromatic carbocycles.